The third kappa shape index (κ3) is 3.60. The first-order valence-electron chi connectivity index (χ1n) is 8.12. The van der Waals surface area contributed by atoms with Crippen LogP contribution in [0, 0.1) is 0 Å². The van der Waals surface area contributed by atoms with E-state index in [9.17, 15) is 9.90 Å². The van der Waals surface area contributed by atoms with E-state index in [1.165, 1.54) is 4.90 Å². The second-order valence-corrected chi connectivity index (χ2v) is 7.54. The lowest BCUT2D eigenvalue weighted by Gasteiger charge is -2.22. The standard InChI is InChI=1S/C18H21ClN4O2/c1-18(2,3)12-9-14(21-22-16(12)19)23-10-13(20-17(23)25)15(24)11-7-5-4-6-8-11/h4-9,13,15,24H,10H2,1-3H3,(H,20,25). The Morgan fingerprint density at radius 2 is 1.96 bits per heavy atom. The topological polar surface area (TPSA) is 78.4 Å². The summed E-state index contributed by atoms with van der Waals surface area (Å²) in [7, 11) is 0. The summed E-state index contributed by atoms with van der Waals surface area (Å²) in [6.45, 7) is 6.36. The van der Waals surface area contributed by atoms with Crippen molar-refractivity contribution in [3.63, 3.8) is 0 Å². The molecule has 7 heteroatoms. The molecule has 2 atom stereocenters. The number of aliphatic hydroxyl groups is 1. The fourth-order valence-corrected chi connectivity index (χ4v) is 3.22. The fraction of sp³-hybridized carbons (Fsp3) is 0.389. The minimum absolute atomic E-state index is 0.221. The number of rotatable bonds is 3. The van der Waals surface area contributed by atoms with Crippen LogP contribution in [0.5, 0.6) is 0 Å². The van der Waals surface area contributed by atoms with Crippen molar-refractivity contribution < 1.29 is 9.90 Å². The van der Waals surface area contributed by atoms with Crippen LogP contribution in [-0.4, -0.2) is 33.9 Å². The Bertz CT molecular complexity index is 776. The number of halogens is 1. The molecular weight excluding hydrogens is 340 g/mol. The van der Waals surface area contributed by atoms with Crippen LogP contribution in [0.1, 0.15) is 38.0 Å². The molecule has 0 radical (unpaired) electrons. The van der Waals surface area contributed by atoms with Crippen molar-refractivity contribution in [1.82, 2.24) is 15.5 Å². The number of benzene rings is 1. The van der Waals surface area contributed by atoms with E-state index < -0.39 is 12.1 Å². The molecule has 2 unspecified atom stereocenters. The summed E-state index contributed by atoms with van der Waals surface area (Å²) in [6.07, 6.45) is -0.794. The van der Waals surface area contributed by atoms with E-state index in [1.54, 1.807) is 6.07 Å². The van der Waals surface area contributed by atoms with Crippen molar-refractivity contribution in [1.29, 1.82) is 0 Å². The van der Waals surface area contributed by atoms with E-state index in [1.807, 2.05) is 51.1 Å². The summed E-state index contributed by atoms with van der Waals surface area (Å²) in [5.41, 5.74) is 1.35. The number of nitrogens with one attached hydrogen (secondary N) is 1. The molecule has 2 aromatic rings. The van der Waals surface area contributed by atoms with Gasteiger partial charge in [-0.05, 0) is 17.0 Å². The van der Waals surface area contributed by atoms with Crippen molar-refractivity contribution in [2.45, 2.75) is 38.3 Å². The zero-order valence-corrected chi connectivity index (χ0v) is 15.2. The molecule has 2 N–H and O–H groups in total. The molecule has 1 aromatic heterocycles. The largest absolute Gasteiger partial charge is 0.386 e. The molecule has 0 bridgehead atoms. The van der Waals surface area contributed by atoms with E-state index in [-0.39, 0.29) is 11.4 Å². The molecule has 1 saturated heterocycles. The summed E-state index contributed by atoms with van der Waals surface area (Å²) in [5, 5.41) is 21.7. The Kier molecular flexibility index (Phi) is 4.67. The third-order valence-corrected chi connectivity index (χ3v) is 4.56. The van der Waals surface area contributed by atoms with Crippen LogP contribution in [0.15, 0.2) is 36.4 Å². The predicted molar refractivity (Wildman–Crippen MR) is 96.8 cm³/mol. The fourth-order valence-electron chi connectivity index (χ4n) is 2.85. The Hall–Kier alpha value is -2.18. The van der Waals surface area contributed by atoms with E-state index in [0.717, 1.165) is 11.1 Å². The number of anilines is 1. The molecule has 25 heavy (non-hydrogen) atoms. The molecule has 1 fully saturated rings. The van der Waals surface area contributed by atoms with Gasteiger partial charge in [0.1, 0.15) is 6.10 Å². The van der Waals surface area contributed by atoms with Gasteiger partial charge >= 0.3 is 6.03 Å². The van der Waals surface area contributed by atoms with E-state index >= 15 is 0 Å². The maximum atomic E-state index is 12.4. The number of aliphatic hydroxyl groups excluding tert-OH is 1. The van der Waals surface area contributed by atoms with Crippen molar-refractivity contribution >= 4 is 23.4 Å². The van der Waals surface area contributed by atoms with Gasteiger partial charge in [-0.1, -0.05) is 62.7 Å². The molecule has 1 aromatic carbocycles. The van der Waals surface area contributed by atoms with Gasteiger partial charge in [-0.3, -0.25) is 4.90 Å². The Labute approximate surface area is 151 Å². The molecule has 2 heterocycles. The average Bonchev–Trinajstić information content (AvgIpc) is 2.96. The minimum Gasteiger partial charge on any atom is -0.386 e. The van der Waals surface area contributed by atoms with Crippen molar-refractivity contribution in [2.75, 3.05) is 11.4 Å². The first-order valence-corrected chi connectivity index (χ1v) is 8.50. The molecule has 2 amide bonds. The Morgan fingerprint density at radius 3 is 2.60 bits per heavy atom. The molecule has 132 valence electrons. The molecule has 1 aliphatic heterocycles. The number of urea groups is 1. The maximum absolute atomic E-state index is 12.4. The highest BCUT2D eigenvalue weighted by atomic mass is 35.5. The number of carbonyl (C=O) groups is 1. The molecule has 0 saturated carbocycles. The van der Waals surface area contributed by atoms with E-state index in [2.05, 4.69) is 15.5 Å². The predicted octanol–water partition coefficient (Wildman–Crippen LogP) is 3.06. The van der Waals surface area contributed by atoms with Gasteiger partial charge in [-0.25, -0.2) is 4.79 Å². The van der Waals surface area contributed by atoms with E-state index in [0.29, 0.717) is 17.5 Å². The number of nitrogens with zero attached hydrogens (tertiary/aromatic N) is 3. The van der Waals surface area contributed by atoms with Gasteiger partial charge in [0.25, 0.3) is 0 Å². The van der Waals surface area contributed by atoms with Crippen molar-refractivity contribution in [2.24, 2.45) is 0 Å². The van der Waals surface area contributed by atoms with Gasteiger partial charge in [0.15, 0.2) is 11.0 Å². The Morgan fingerprint density at radius 1 is 1.28 bits per heavy atom. The highest BCUT2D eigenvalue weighted by molar-refractivity contribution is 6.30. The monoisotopic (exact) mass is 360 g/mol. The summed E-state index contributed by atoms with van der Waals surface area (Å²) in [4.78, 5) is 13.9. The Balaban J connectivity index is 1.84. The molecule has 0 spiro atoms. The number of aromatic nitrogens is 2. The van der Waals surface area contributed by atoms with Crippen LogP contribution in [0.4, 0.5) is 10.6 Å². The van der Waals surface area contributed by atoms with Crippen LogP contribution in [0.2, 0.25) is 5.15 Å². The lowest BCUT2D eigenvalue weighted by Crippen LogP contribution is -2.32. The lowest BCUT2D eigenvalue weighted by molar-refractivity contribution is 0.143. The summed E-state index contributed by atoms with van der Waals surface area (Å²) in [6, 6.07) is 10.3. The lowest BCUT2D eigenvalue weighted by atomic mass is 9.88. The van der Waals surface area contributed by atoms with Crippen LogP contribution < -0.4 is 10.2 Å². The van der Waals surface area contributed by atoms with Gasteiger partial charge in [-0.15, -0.1) is 10.2 Å². The molecule has 6 nitrogen and oxygen atoms in total. The van der Waals surface area contributed by atoms with Gasteiger partial charge < -0.3 is 10.4 Å². The maximum Gasteiger partial charge on any atom is 0.323 e. The minimum atomic E-state index is -0.794. The number of carbonyl (C=O) groups excluding carboxylic acids is 1. The van der Waals surface area contributed by atoms with Crippen LogP contribution in [-0.2, 0) is 5.41 Å². The zero-order chi connectivity index (χ0) is 18.2. The van der Waals surface area contributed by atoms with E-state index in [4.69, 9.17) is 11.6 Å². The van der Waals surface area contributed by atoms with Crippen molar-refractivity contribution in [3.8, 4) is 0 Å². The number of amides is 2. The molecular formula is C18H21ClN4O2. The SMILES string of the molecule is CC(C)(C)c1cc(N2CC(C(O)c3ccccc3)NC2=O)nnc1Cl. The summed E-state index contributed by atoms with van der Waals surface area (Å²) in [5.74, 6) is 0.426. The van der Waals surface area contributed by atoms with Crippen molar-refractivity contribution in [3.05, 3.63) is 52.7 Å². The number of hydrogen-bond donors (Lipinski definition) is 2. The first kappa shape index (κ1) is 17.6. The second-order valence-electron chi connectivity index (χ2n) is 7.18. The average molecular weight is 361 g/mol. The summed E-state index contributed by atoms with van der Waals surface area (Å²) >= 11 is 6.15. The first-order chi connectivity index (χ1) is 11.8. The third-order valence-electron chi connectivity index (χ3n) is 4.28. The smallest absolute Gasteiger partial charge is 0.323 e. The van der Waals surface area contributed by atoms with Crippen LogP contribution in [0.25, 0.3) is 0 Å². The van der Waals surface area contributed by atoms with Gasteiger partial charge in [0, 0.05) is 5.56 Å². The van der Waals surface area contributed by atoms with Gasteiger partial charge in [0.2, 0.25) is 0 Å². The highest BCUT2D eigenvalue weighted by Crippen LogP contribution is 2.31. The number of hydrogen-bond acceptors (Lipinski definition) is 4. The highest BCUT2D eigenvalue weighted by Gasteiger charge is 2.36. The molecule has 1 aliphatic rings. The van der Waals surface area contributed by atoms with Gasteiger partial charge in [-0.2, -0.15) is 0 Å². The summed E-state index contributed by atoms with van der Waals surface area (Å²) < 4.78 is 0. The van der Waals surface area contributed by atoms with Gasteiger partial charge in [0.05, 0.1) is 12.6 Å². The normalized spacial score (nSPS) is 19.0. The zero-order valence-electron chi connectivity index (χ0n) is 14.4. The second kappa shape index (κ2) is 6.61. The quantitative estimate of drug-likeness (QED) is 0.881. The van der Waals surface area contributed by atoms with Crippen LogP contribution in [0.3, 0.4) is 0 Å². The van der Waals surface area contributed by atoms with Crippen LogP contribution >= 0.6 is 11.6 Å². The molecule has 3 rings (SSSR count). The molecule has 0 aliphatic carbocycles.